The van der Waals surface area contributed by atoms with Crippen molar-refractivity contribution < 1.29 is 0 Å². The topological polar surface area (TPSA) is 32.3 Å². The monoisotopic (exact) mass is 352 g/mol. The highest BCUT2D eigenvalue weighted by Crippen LogP contribution is 2.31. The Morgan fingerprint density at radius 1 is 1.04 bits per heavy atom. The van der Waals surface area contributed by atoms with E-state index in [-0.39, 0.29) is 0 Å². The van der Waals surface area contributed by atoms with Gasteiger partial charge in [0.25, 0.3) is 0 Å². The third kappa shape index (κ3) is 3.53. The van der Waals surface area contributed by atoms with Crippen LogP contribution in [0.15, 0.2) is 36.4 Å². The molecule has 0 bridgehead atoms. The van der Waals surface area contributed by atoms with E-state index in [0.717, 1.165) is 55.6 Å². The Bertz CT molecular complexity index is 851. The van der Waals surface area contributed by atoms with Crippen molar-refractivity contribution in [1.29, 1.82) is 0 Å². The van der Waals surface area contributed by atoms with Gasteiger partial charge in [0.05, 0.1) is 5.39 Å². The highest BCUT2D eigenvalue weighted by Gasteiger charge is 2.21. The van der Waals surface area contributed by atoms with Gasteiger partial charge in [0.1, 0.15) is 16.5 Å². The second-order valence-electron chi connectivity index (χ2n) is 6.62. The quantitative estimate of drug-likeness (QED) is 0.716. The fourth-order valence-electron chi connectivity index (χ4n) is 3.44. The molecule has 0 atom stereocenters. The maximum absolute atomic E-state index is 4.99. The van der Waals surface area contributed by atoms with E-state index in [0.29, 0.717) is 0 Å². The van der Waals surface area contributed by atoms with Gasteiger partial charge < -0.3 is 9.80 Å². The van der Waals surface area contributed by atoms with Crippen molar-refractivity contribution in [2.75, 3.05) is 37.6 Å². The number of likely N-dealkylation sites (N-methyl/N-ethyl adjacent to an activating group) is 1. The Labute approximate surface area is 153 Å². The SMILES string of the molecule is CCN1CCN(c2nc(Cc3ccccc3)nc3sc(C)cc23)CC1. The lowest BCUT2D eigenvalue weighted by Gasteiger charge is -2.35. The standard InChI is InChI=1S/C20H24N4S/c1-3-23-9-11-24(12-10-23)19-17-13-15(2)25-20(17)22-18(21-19)14-16-7-5-4-6-8-16/h4-8,13H,3,9-12,14H2,1-2H3. The first kappa shape index (κ1) is 16.5. The average Bonchev–Trinajstić information content (AvgIpc) is 3.02. The van der Waals surface area contributed by atoms with Crippen molar-refractivity contribution >= 4 is 27.4 Å². The summed E-state index contributed by atoms with van der Waals surface area (Å²) in [6, 6.07) is 12.7. The van der Waals surface area contributed by atoms with Crippen molar-refractivity contribution in [3.63, 3.8) is 0 Å². The van der Waals surface area contributed by atoms with Crippen LogP contribution in [-0.2, 0) is 6.42 Å². The van der Waals surface area contributed by atoms with Gasteiger partial charge in [-0.25, -0.2) is 9.97 Å². The van der Waals surface area contributed by atoms with Crippen molar-refractivity contribution in [2.45, 2.75) is 20.3 Å². The molecule has 0 radical (unpaired) electrons. The summed E-state index contributed by atoms with van der Waals surface area (Å²) in [6.45, 7) is 9.82. The van der Waals surface area contributed by atoms with E-state index in [1.165, 1.54) is 15.8 Å². The van der Waals surface area contributed by atoms with Crippen LogP contribution in [0.3, 0.4) is 0 Å². The Morgan fingerprint density at radius 3 is 2.52 bits per heavy atom. The van der Waals surface area contributed by atoms with Crippen LogP contribution < -0.4 is 4.90 Å². The highest BCUT2D eigenvalue weighted by molar-refractivity contribution is 7.18. The normalized spacial score (nSPS) is 15.8. The number of hydrogen-bond acceptors (Lipinski definition) is 5. The molecule has 25 heavy (non-hydrogen) atoms. The van der Waals surface area contributed by atoms with Crippen LogP contribution in [0.25, 0.3) is 10.2 Å². The summed E-state index contributed by atoms with van der Waals surface area (Å²) in [6.07, 6.45) is 0.787. The molecule has 0 saturated carbocycles. The smallest absolute Gasteiger partial charge is 0.141 e. The van der Waals surface area contributed by atoms with E-state index in [9.17, 15) is 0 Å². The number of anilines is 1. The van der Waals surface area contributed by atoms with Gasteiger partial charge in [-0.2, -0.15) is 0 Å². The van der Waals surface area contributed by atoms with Gasteiger partial charge in [-0.1, -0.05) is 37.3 Å². The Hall–Kier alpha value is -1.98. The molecule has 1 saturated heterocycles. The molecular weight excluding hydrogens is 328 g/mol. The number of rotatable bonds is 4. The lowest BCUT2D eigenvalue weighted by atomic mass is 10.1. The Morgan fingerprint density at radius 2 is 1.80 bits per heavy atom. The first-order valence-electron chi connectivity index (χ1n) is 9.01. The third-order valence-electron chi connectivity index (χ3n) is 4.87. The zero-order valence-corrected chi connectivity index (χ0v) is 15.7. The molecule has 1 fully saturated rings. The summed E-state index contributed by atoms with van der Waals surface area (Å²) in [5.74, 6) is 2.05. The molecule has 4 rings (SSSR count). The average molecular weight is 353 g/mol. The molecule has 5 heteroatoms. The van der Waals surface area contributed by atoms with Crippen LogP contribution in [0.4, 0.5) is 5.82 Å². The van der Waals surface area contributed by atoms with Gasteiger partial charge in [-0.15, -0.1) is 11.3 Å². The first-order valence-corrected chi connectivity index (χ1v) is 9.83. The van der Waals surface area contributed by atoms with Crippen LogP contribution in [0, 0.1) is 6.92 Å². The first-order chi connectivity index (χ1) is 12.2. The molecule has 0 spiro atoms. The van der Waals surface area contributed by atoms with E-state index in [4.69, 9.17) is 9.97 Å². The van der Waals surface area contributed by atoms with Crippen molar-refractivity contribution in [2.24, 2.45) is 0 Å². The van der Waals surface area contributed by atoms with Crippen molar-refractivity contribution in [3.8, 4) is 0 Å². The molecule has 130 valence electrons. The molecule has 1 aromatic carbocycles. The Balaban J connectivity index is 1.69. The molecule has 1 aliphatic heterocycles. The number of hydrogen-bond donors (Lipinski definition) is 0. The highest BCUT2D eigenvalue weighted by atomic mass is 32.1. The molecule has 3 aromatic rings. The Kier molecular flexibility index (Phi) is 4.68. The fraction of sp³-hybridized carbons (Fsp3) is 0.400. The van der Waals surface area contributed by atoms with Crippen molar-refractivity contribution in [1.82, 2.24) is 14.9 Å². The summed E-state index contributed by atoms with van der Waals surface area (Å²) in [4.78, 5) is 17.2. The minimum Gasteiger partial charge on any atom is -0.353 e. The maximum Gasteiger partial charge on any atom is 0.141 e. The second-order valence-corrected chi connectivity index (χ2v) is 7.86. The molecule has 0 unspecified atom stereocenters. The number of piperazine rings is 1. The third-order valence-corrected chi connectivity index (χ3v) is 5.81. The van der Waals surface area contributed by atoms with E-state index >= 15 is 0 Å². The fourth-order valence-corrected chi connectivity index (χ4v) is 4.34. The van der Waals surface area contributed by atoms with Gasteiger partial charge in [0, 0.05) is 37.5 Å². The lowest BCUT2D eigenvalue weighted by Crippen LogP contribution is -2.46. The van der Waals surface area contributed by atoms with Gasteiger partial charge in [-0.3, -0.25) is 0 Å². The molecule has 3 heterocycles. The zero-order valence-electron chi connectivity index (χ0n) is 14.9. The number of nitrogens with zero attached hydrogens (tertiary/aromatic N) is 4. The summed E-state index contributed by atoms with van der Waals surface area (Å²) < 4.78 is 0. The number of fused-ring (bicyclic) bond motifs is 1. The largest absolute Gasteiger partial charge is 0.353 e. The number of aryl methyl sites for hydroxylation is 1. The second kappa shape index (κ2) is 7.10. The minimum absolute atomic E-state index is 0.787. The van der Waals surface area contributed by atoms with Crippen LogP contribution in [0.2, 0.25) is 0 Å². The van der Waals surface area contributed by atoms with E-state index < -0.39 is 0 Å². The molecule has 0 N–H and O–H groups in total. The van der Waals surface area contributed by atoms with Gasteiger partial charge in [-0.05, 0) is 25.1 Å². The summed E-state index contributed by atoms with van der Waals surface area (Å²) >= 11 is 1.77. The van der Waals surface area contributed by atoms with Gasteiger partial charge in [0.15, 0.2) is 0 Å². The van der Waals surface area contributed by atoms with Crippen molar-refractivity contribution in [3.05, 3.63) is 52.7 Å². The maximum atomic E-state index is 4.99. The summed E-state index contributed by atoms with van der Waals surface area (Å²) in [7, 11) is 0. The molecule has 4 nitrogen and oxygen atoms in total. The summed E-state index contributed by atoms with van der Waals surface area (Å²) in [5, 5.41) is 1.21. The van der Waals surface area contributed by atoms with Gasteiger partial charge in [0.2, 0.25) is 0 Å². The predicted octanol–water partition coefficient (Wildman–Crippen LogP) is 3.73. The molecule has 0 aliphatic carbocycles. The minimum atomic E-state index is 0.787. The predicted molar refractivity (Wildman–Crippen MR) is 106 cm³/mol. The lowest BCUT2D eigenvalue weighted by molar-refractivity contribution is 0.270. The summed E-state index contributed by atoms with van der Waals surface area (Å²) in [5.41, 5.74) is 1.26. The zero-order chi connectivity index (χ0) is 17.2. The van der Waals surface area contributed by atoms with E-state index in [1.807, 2.05) is 0 Å². The van der Waals surface area contributed by atoms with E-state index in [2.05, 4.69) is 60.0 Å². The van der Waals surface area contributed by atoms with Crippen LogP contribution in [0.5, 0.6) is 0 Å². The molecule has 1 aliphatic rings. The van der Waals surface area contributed by atoms with Crippen LogP contribution in [-0.4, -0.2) is 47.6 Å². The van der Waals surface area contributed by atoms with Crippen LogP contribution >= 0.6 is 11.3 Å². The molecule has 2 aromatic heterocycles. The van der Waals surface area contributed by atoms with Gasteiger partial charge >= 0.3 is 0 Å². The number of aromatic nitrogens is 2. The number of thiophene rings is 1. The molecular formula is C20H24N4S. The van der Waals surface area contributed by atoms with E-state index in [1.54, 1.807) is 11.3 Å². The number of benzene rings is 1. The van der Waals surface area contributed by atoms with Crippen LogP contribution in [0.1, 0.15) is 23.2 Å². The molecule has 0 amide bonds.